The molecule has 1 fully saturated rings. The molecule has 0 spiro atoms. The highest BCUT2D eigenvalue weighted by Crippen LogP contribution is 2.28. The lowest BCUT2D eigenvalue weighted by atomic mass is 10.1. The number of thioether (sulfide) groups is 1. The number of hydrogen-bond donors (Lipinski definition) is 1. The van der Waals surface area contributed by atoms with Crippen LogP contribution in [0.25, 0.3) is 0 Å². The molecule has 1 unspecified atom stereocenters. The van der Waals surface area contributed by atoms with Crippen molar-refractivity contribution >= 4 is 23.6 Å². The Bertz CT molecular complexity index is 713. The summed E-state index contributed by atoms with van der Waals surface area (Å²) in [5, 5.41) is 9.00. The van der Waals surface area contributed by atoms with Gasteiger partial charge in [0.1, 0.15) is 0 Å². The van der Waals surface area contributed by atoms with E-state index < -0.39 is 5.97 Å². The van der Waals surface area contributed by atoms with Crippen LogP contribution in [-0.2, 0) is 10.5 Å². The Morgan fingerprint density at radius 3 is 2.79 bits per heavy atom. The van der Waals surface area contributed by atoms with Gasteiger partial charge in [0.25, 0.3) is 5.91 Å². The minimum absolute atomic E-state index is 0.0133. The van der Waals surface area contributed by atoms with E-state index in [2.05, 4.69) is 0 Å². The number of hydrogen-bond acceptors (Lipinski definition) is 4. The van der Waals surface area contributed by atoms with Crippen molar-refractivity contribution in [2.45, 2.75) is 36.0 Å². The van der Waals surface area contributed by atoms with Crippen molar-refractivity contribution in [1.29, 1.82) is 0 Å². The zero-order valence-electron chi connectivity index (χ0n) is 13.2. The molecule has 0 bridgehead atoms. The normalized spacial score (nSPS) is 17.2. The van der Waals surface area contributed by atoms with Crippen LogP contribution in [0.3, 0.4) is 0 Å². The van der Waals surface area contributed by atoms with E-state index in [0.29, 0.717) is 18.1 Å². The fraction of sp³-hybridized carbons (Fsp3) is 0.333. The Balaban J connectivity index is 1.69. The number of nitrogens with zero attached hydrogens (tertiary/aromatic N) is 1. The lowest BCUT2D eigenvalue weighted by Gasteiger charge is -2.22. The highest BCUT2D eigenvalue weighted by molar-refractivity contribution is 7.98. The SMILES string of the molecule is O=C(O)CC1CCCN1C(=O)c1occc1CSc1ccccc1. The van der Waals surface area contributed by atoms with Crippen LogP contribution >= 0.6 is 11.8 Å². The monoisotopic (exact) mass is 345 g/mol. The number of amides is 1. The zero-order valence-corrected chi connectivity index (χ0v) is 14.0. The Morgan fingerprint density at radius 2 is 2.04 bits per heavy atom. The molecule has 0 radical (unpaired) electrons. The fourth-order valence-electron chi connectivity index (χ4n) is 2.96. The van der Waals surface area contributed by atoms with Crippen LogP contribution in [0, 0.1) is 0 Å². The molecule has 2 heterocycles. The zero-order chi connectivity index (χ0) is 16.9. The molecule has 1 atom stereocenters. The van der Waals surface area contributed by atoms with Gasteiger partial charge in [0.2, 0.25) is 0 Å². The second kappa shape index (κ2) is 7.57. The molecule has 1 aromatic carbocycles. The quantitative estimate of drug-likeness (QED) is 0.809. The van der Waals surface area contributed by atoms with Crippen LogP contribution in [0.1, 0.15) is 35.4 Å². The number of rotatable bonds is 6. The van der Waals surface area contributed by atoms with Crippen LogP contribution in [-0.4, -0.2) is 34.5 Å². The fourth-order valence-corrected chi connectivity index (χ4v) is 3.86. The van der Waals surface area contributed by atoms with Gasteiger partial charge in [0, 0.05) is 28.8 Å². The van der Waals surface area contributed by atoms with Crippen LogP contribution in [0.15, 0.2) is 52.0 Å². The first kappa shape index (κ1) is 16.6. The number of likely N-dealkylation sites (tertiary alicyclic amines) is 1. The second-order valence-corrected chi connectivity index (χ2v) is 6.82. The van der Waals surface area contributed by atoms with Gasteiger partial charge in [0.15, 0.2) is 5.76 Å². The van der Waals surface area contributed by atoms with Crippen molar-refractivity contribution in [2.75, 3.05) is 6.54 Å². The molecule has 24 heavy (non-hydrogen) atoms. The Morgan fingerprint density at radius 1 is 1.25 bits per heavy atom. The lowest BCUT2D eigenvalue weighted by molar-refractivity contribution is -0.137. The highest BCUT2D eigenvalue weighted by Gasteiger charge is 2.33. The smallest absolute Gasteiger partial charge is 0.305 e. The van der Waals surface area contributed by atoms with Gasteiger partial charge in [-0.05, 0) is 31.0 Å². The largest absolute Gasteiger partial charge is 0.481 e. The number of aliphatic carboxylic acids is 1. The topological polar surface area (TPSA) is 70.8 Å². The Labute approximate surface area is 144 Å². The summed E-state index contributed by atoms with van der Waals surface area (Å²) in [5.74, 6) is -0.110. The maximum atomic E-state index is 12.8. The van der Waals surface area contributed by atoms with Crippen LogP contribution in [0.5, 0.6) is 0 Å². The lowest BCUT2D eigenvalue weighted by Crippen LogP contribution is -2.37. The summed E-state index contributed by atoms with van der Waals surface area (Å²) in [6.45, 7) is 0.586. The van der Waals surface area contributed by atoms with Crippen molar-refractivity contribution in [1.82, 2.24) is 4.90 Å². The van der Waals surface area contributed by atoms with Gasteiger partial charge in [0.05, 0.1) is 12.7 Å². The van der Waals surface area contributed by atoms with Gasteiger partial charge in [-0.3, -0.25) is 9.59 Å². The predicted octanol–water partition coefficient (Wildman–Crippen LogP) is 3.65. The van der Waals surface area contributed by atoms with Crippen molar-refractivity contribution in [3.8, 4) is 0 Å². The molecule has 5 nitrogen and oxygen atoms in total. The number of benzene rings is 1. The molecule has 0 aliphatic carbocycles. The highest BCUT2D eigenvalue weighted by atomic mass is 32.2. The van der Waals surface area contributed by atoms with E-state index in [9.17, 15) is 9.59 Å². The standard InChI is InChI=1S/C18H19NO4S/c20-16(21)11-14-5-4-9-19(14)18(22)17-13(8-10-23-17)12-24-15-6-2-1-3-7-15/h1-3,6-8,10,14H,4-5,9,11-12H2,(H,20,21). The van der Waals surface area contributed by atoms with E-state index in [1.165, 1.54) is 6.26 Å². The van der Waals surface area contributed by atoms with E-state index in [1.807, 2.05) is 36.4 Å². The molecule has 1 amide bonds. The molecule has 1 aromatic heterocycles. The molecule has 126 valence electrons. The van der Waals surface area contributed by atoms with Crippen LogP contribution in [0.4, 0.5) is 0 Å². The molecule has 1 N–H and O–H groups in total. The minimum Gasteiger partial charge on any atom is -0.481 e. The average Bonchev–Trinajstić information content (AvgIpc) is 3.22. The molecular formula is C18H19NO4S. The molecule has 6 heteroatoms. The van der Waals surface area contributed by atoms with Gasteiger partial charge >= 0.3 is 5.97 Å². The maximum absolute atomic E-state index is 12.8. The number of furan rings is 1. The molecule has 0 saturated carbocycles. The van der Waals surface area contributed by atoms with Gasteiger partial charge in [-0.25, -0.2) is 0 Å². The molecule has 2 aromatic rings. The molecular weight excluding hydrogens is 326 g/mol. The number of carboxylic acids is 1. The first-order chi connectivity index (χ1) is 11.6. The average molecular weight is 345 g/mol. The Kier molecular flexibility index (Phi) is 5.25. The van der Waals surface area contributed by atoms with E-state index in [4.69, 9.17) is 9.52 Å². The van der Waals surface area contributed by atoms with Gasteiger partial charge in [-0.1, -0.05) is 18.2 Å². The third-order valence-electron chi connectivity index (χ3n) is 4.13. The first-order valence-electron chi connectivity index (χ1n) is 7.92. The van der Waals surface area contributed by atoms with Gasteiger partial charge in [-0.2, -0.15) is 0 Å². The molecule has 1 saturated heterocycles. The van der Waals surface area contributed by atoms with Gasteiger partial charge < -0.3 is 14.4 Å². The summed E-state index contributed by atoms with van der Waals surface area (Å²) in [5.41, 5.74) is 0.842. The predicted molar refractivity (Wildman–Crippen MR) is 91.0 cm³/mol. The van der Waals surface area contributed by atoms with E-state index in [-0.39, 0.29) is 18.4 Å². The number of carbonyl (C=O) groups excluding carboxylic acids is 1. The number of carboxylic acid groups (broad SMARTS) is 1. The summed E-state index contributed by atoms with van der Waals surface area (Å²) in [4.78, 5) is 26.5. The van der Waals surface area contributed by atoms with Crippen molar-refractivity contribution < 1.29 is 19.1 Å². The van der Waals surface area contributed by atoms with E-state index in [0.717, 1.165) is 23.3 Å². The van der Waals surface area contributed by atoms with Crippen LogP contribution < -0.4 is 0 Å². The van der Waals surface area contributed by atoms with E-state index in [1.54, 1.807) is 16.7 Å². The summed E-state index contributed by atoms with van der Waals surface area (Å²) < 4.78 is 5.43. The van der Waals surface area contributed by atoms with E-state index >= 15 is 0 Å². The maximum Gasteiger partial charge on any atom is 0.305 e. The second-order valence-electron chi connectivity index (χ2n) is 5.77. The third-order valence-corrected chi connectivity index (χ3v) is 5.19. The molecule has 3 rings (SSSR count). The number of carbonyl (C=O) groups is 2. The third kappa shape index (κ3) is 3.82. The first-order valence-corrected chi connectivity index (χ1v) is 8.90. The summed E-state index contributed by atoms with van der Waals surface area (Å²) >= 11 is 1.64. The molecule has 1 aliphatic heterocycles. The van der Waals surface area contributed by atoms with Crippen molar-refractivity contribution in [3.05, 3.63) is 54.0 Å². The summed E-state index contributed by atoms with van der Waals surface area (Å²) in [6.07, 6.45) is 3.07. The molecule has 1 aliphatic rings. The van der Waals surface area contributed by atoms with Crippen molar-refractivity contribution in [2.24, 2.45) is 0 Å². The summed E-state index contributed by atoms with van der Waals surface area (Å²) in [7, 11) is 0. The minimum atomic E-state index is -0.876. The summed E-state index contributed by atoms with van der Waals surface area (Å²) in [6, 6.07) is 11.5. The van der Waals surface area contributed by atoms with Gasteiger partial charge in [-0.15, -0.1) is 11.8 Å². The van der Waals surface area contributed by atoms with Crippen LogP contribution in [0.2, 0.25) is 0 Å². The Hall–Kier alpha value is -2.21. The van der Waals surface area contributed by atoms with Crippen molar-refractivity contribution in [3.63, 3.8) is 0 Å².